The maximum Gasteiger partial charge on any atom is 0.297 e. The zero-order chi connectivity index (χ0) is 56.9. The van der Waals surface area contributed by atoms with E-state index in [1.54, 1.807) is 24.3 Å². The van der Waals surface area contributed by atoms with Crippen LogP contribution in [-0.2, 0) is 50.6 Å². The average Bonchev–Trinajstić information content (AvgIpc) is 4.11. The lowest BCUT2D eigenvalue weighted by Crippen LogP contribution is -2.28. The molecule has 35 heteroatoms. The molecule has 78 heavy (non-hydrogen) atoms. The number of phenolic OH excluding ortho intramolecular Hbond substituents is 1. The second-order valence-corrected chi connectivity index (χ2v) is 24.9. The van der Waals surface area contributed by atoms with E-state index in [9.17, 15) is 80.3 Å². The summed E-state index contributed by atoms with van der Waals surface area (Å²) >= 11 is 0.854. The van der Waals surface area contributed by atoms with Crippen molar-refractivity contribution in [1.82, 2.24) is 14.4 Å². The topological polar surface area (TPSA) is 453 Å². The number of hydrogen-bond acceptors (Lipinski definition) is 24. The number of azo groups is 3. The van der Waals surface area contributed by atoms with E-state index in [0.29, 0.717) is 17.1 Å². The van der Waals surface area contributed by atoms with Crippen molar-refractivity contribution >= 4 is 139 Å². The number of fused-ring (bicyclic) bond motifs is 5. The molecule has 0 aliphatic rings. The molecule has 0 radical (unpaired) electrons. The number of rotatable bonds is 19. The fraction of sp³-hybridized carbons (Fsp3) is 0.186. The normalized spacial score (nSPS) is 13.1. The number of para-hydroxylation sites is 2. The van der Waals surface area contributed by atoms with Gasteiger partial charge in [-0.2, -0.15) is 47.4 Å². The molecule has 0 saturated heterocycles. The van der Waals surface area contributed by atoms with Crippen LogP contribution in [0.5, 0.6) is 17.4 Å². The van der Waals surface area contributed by atoms with E-state index in [2.05, 4.69) is 40.7 Å². The second-order valence-electron chi connectivity index (χ2n) is 16.6. The van der Waals surface area contributed by atoms with Gasteiger partial charge in [-0.1, -0.05) is 23.5 Å². The van der Waals surface area contributed by atoms with Gasteiger partial charge in [0.1, 0.15) is 49.9 Å². The molecule has 5 aromatic carbocycles. The van der Waals surface area contributed by atoms with E-state index in [-0.39, 0.29) is 86.6 Å². The van der Waals surface area contributed by atoms with Crippen molar-refractivity contribution in [3.05, 3.63) is 83.9 Å². The number of benzene rings is 5. The van der Waals surface area contributed by atoms with Crippen LogP contribution < -0.4 is 9.64 Å². The molecule has 8 rings (SSSR count). The van der Waals surface area contributed by atoms with Crippen LogP contribution in [0.1, 0.15) is 24.0 Å². The van der Waals surface area contributed by atoms with Crippen molar-refractivity contribution in [1.29, 1.82) is 5.26 Å². The van der Waals surface area contributed by atoms with Crippen LogP contribution in [-0.4, -0.2) is 121 Å². The van der Waals surface area contributed by atoms with E-state index in [4.69, 9.17) is 4.74 Å². The maximum atomic E-state index is 13.2. The quantitative estimate of drug-likeness (QED) is 0.0296. The summed E-state index contributed by atoms with van der Waals surface area (Å²) in [5.41, 5.74) is -1.68. The molecular formula is C43H37N11O18S6. The minimum absolute atomic E-state index is 0.0434. The van der Waals surface area contributed by atoms with Gasteiger partial charge >= 0.3 is 0 Å². The molecular weight excluding hydrogens is 1150 g/mol. The number of nitrogens with zero attached hydrogens (tertiary/aromatic N) is 11. The summed E-state index contributed by atoms with van der Waals surface area (Å²) < 4.78 is 180. The first kappa shape index (κ1) is 56.4. The summed E-state index contributed by atoms with van der Waals surface area (Å²) in [4.78, 5) is 7.07. The highest BCUT2D eigenvalue weighted by molar-refractivity contribution is 7.87. The molecule has 7 N–H and O–H groups in total. The Bertz CT molecular complexity index is 4500. The number of ether oxygens (including phenoxy) is 1. The molecule has 0 fully saturated rings. The van der Waals surface area contributed by atoms with E-state index < -0.39 is 111 Å². The molecule has 0 spiro atoms. The third kappa shape index (κ3) is 12.0. The van der Waals surface area contributed by atoms with Crippen LogP contribution in [0.15, 0.2) is 118 Å². The first-order valence-electron chi connectivity index (χ1n) is 21.8. The van der Waals surface area contributed by atoms with Crippen molar-refractivity contribution in [3.8, 4) is 23.4 Å². The number of anilines is 1. The van der Waals surface area contributed by atoms with Gasteiger partial charge in [0, 0.05) is 35.5 Å². The maximum absolute atomic E-state index is 13.2. The summed E-state index contributed by atoms with van der Waals surface area (Å²) in [5.74, 6) is -3.57. The van der Waals surface area contributed by atoms with E-state index >= 15 is 0 Å². The van der Waals surface area contributed by atoms with Gasteiger partial charge < -0.3 is 19.8 Å². The Kier molecular flexibility index (Phi) is 15.4. The smallest absolute Gasteiger partial charge is 0.297 e. The van der Waals surface area contributed by atoms with E-state index in [1.165, 1.54) is 35.5 Å². The largest absolute Gasteiger partial charge is 0.505 e. The SMILES string of the molecule is COc1cc(N=Nc2c(S(=O)(=O)O)cc3c(S(=O)(=O)O)c(N=Nc4c(C)c(C#N)c5nc6ccccc6n5c4O)ccc3c2O)c(N(CCCS(=O)(=O)O)CCCS(=O)(=O)O)cc1N=Nc1nc2ccc(S(=O)(=O)O)cc2s1. The van der Waals surface area contributed by atoms with Crippen molar-refractivity contribution in [3.63, 3.8) is 0 Å². The van der Waals surface area contributed by atoms with Crippen molar-refractivity contribution in [2.24, 2.45) is 30.7 Å². The number of aromatic nitrogens is 3. The number of phenols is 1. The lowest BCUT2D eigenvalue weighted by Gasteiger charge is -2.26. The van der Waals surface area contributed by atoms with Gasteiger partial charge in [0.25, 0.3) is 50.6 Å². The first-order chi connectivity index (χ1) is 36.5. The number of methoxy groups -OCH3 is 1. The zero-order valence-corrected chi connectivity index (χ0v) is 44.6. The summed E-state index contributed by atoms with van der Waals surface area (Å²) in [6.07, 6.45) is -0.674. The van der Waals surface area contributed by atoms with Gasteiger partial charge in [0.05, 0.1) is 50.4 Å². The summed E-state index contributed by atoms with van der Waals surface area (Å²) in [6.45, 7) is 0.745. The highest BCUT2D eigenvalue weighted by atomic mass is 32.2. The number of nitriles is 1. The van der Waals surface area contributed by atoms with Crippen molar-refractivity contribution in [2.45, 2.75) is 34.5 Å². The summed E-state index contributed by atoms with van der Waals surface area (Å²) in [5, 5.41) is 56.2. The van der Waals surface area contributed by atoms with Crippen molar-refractivity contribution in [2.75, 3.05) is 36.6 Å². The zero-order valence-electron chi connectivity index (χ0n) is 39.7. The second kappa shape index (κ2) is 21.2. The molecule has 0 unspecified atom stereocenters. The Morgan fingerprint density at radius 2 is 1.32 bits per heavy atom. The molecule has 408 valence electrons. The van der Waals surface area contributed by atoms with Crippen LogP contribution >= 0.6 is 11.3 Å². The van der Waals surface area contributed by atoms with Gasteiger partial charge in [0.15, 0.2) is 17.1 Å². The van der Waals surface area contributed by atoms with Crippen LogP contribution in [0.2, 0.25) is 0 Å². The molecule has 0 amide bonds. The fourth-order valence-corrected chi connectivity index (χ4v) is 11.9. The Morgan fingerprint density at radius 1 is 0.679 bits per heavy atom. The molecule has 3 aromatic heterocycles. The predicted molar refractivity (Wildman–Crippen MR) is 278 cm³/mol. The number of pyridine rings is 1. The monoisotopic (exact) mass is 1190 g/mol. The standard InChI is InChI=1S/C43H37N11O18S6/c1-22-26(21-44)41-45-27-7-3-4-8-32(27)54(41)42(56)37(22)50-47-29-12-10-24-25(40(29)78(69,70)71)18-36(77(66,67)68)38(39(24)55)51-48-30-20-34(72-2)31(49-52-43-46-28-11-9-23(76(63,64)65)17-35(28)73-43)19-33(30)53(13-5-15-74(57,58)59)14-6-16-75(60,61)62/h3-4,7-12,17-20,55-56H,5-6,13-16H2,1-2H3,(H,57,58,59)(H,60,61,62)(H,63,64,65)(H,66,67,68)(H,69,70,71). The van der Waals surface area contributed by atoms with Gasteiger partial charge in [-0.25, -0.2) is 9.97 Å². The molecule has 0 saturated carbocycles. The lowest BCUT2D eigenvalue weighted by atomic mass is 10.1. The Labute approximate surface area is 444 Å². The number of thiazole rings is 1. The molecule has 29 nitrogen and oxygen atoms in total. The Hall–Kier alpha value is -7.76. The number of hydrogen-bond donors (Lipinski definition) is 7. The molecule has 3 heterocycles. The van der Waals surface area contributed by atoms with Gasteiger partial charge in [-0.3, -0.25) is 27.2 Å². The summed E-state index contributed by atoms with van der Waals surface area (Å²) in [6, 6.07) is 16.8. The number of imidazole rings is 1. The van der Waals surface area contributed by atoms with Crippen LogP contribution in [0, 0.1) is 18.3 Å². The Balaban J connectivity index is 1.28. The van der Waals surface area contributed by atoms with Gasteiger partial charge in [-0.15, -0.1) is 30.7 Å². The minimum atomic E-state index is -5.57. The number of aromatic hydroxyl groups is 2. The fourth-order valence-electron chi connectivity index (χ4n) is 8.00. The Morgan fingerprint density at radius 3 is 1.94 bits per heavy atom. The third-order valence-electron chi connectivity index (χ3n) is 11.4. The van der Waals surface area contributed by atoms with Crippen LogP contribution in [0.4, 0.5) is 39.3 Å². The lowest BCUT2D eigenvalue weighted by molar-refractivity contribution is 0.416. The molecule has 0 atom stereocenters. The third-order valence-corrected chi connectivity index (χ3v) is 16.6. The van der Waals surface area contributed by atoms with Crippen LogP contribution in [0.25, 0.3) is 37.7 Å². The first-order valence-corrected chi connectivity index (χ1v) is 30.1. The average molecular weight is 1190 g/mol. The van der Waals surface area contributed by atoms with E-state index in [1.807, 2.05) is 6.07 Å². The molecule has 8 aromatic rings. The van der Waals surface area contributed by atoms with Crippen LogP contribution in [0.3, 0.4) is 0 Å². The predicted octanol–water partition coefficient (Wildman–Crippen LogP) is 8.20. The summed E-state index contributed by atoms with van der Waals surface area (Å²) in [7, 11) is -23.7. The molecule has 0 aliphatic carbocycles. The van der Waals surface area contributed by atoms with E-state index in [0.717, 1.165) is 41.7 Å². The highest BCUT2D eigenvalue weighted by Crippen LogP contribution is 2.48. The van der Waals surface area contributed by atoms with Crippen molar-refractivity contribution < 1.29 is 79.8 Å². The molecule has 0 aliphatic heterocycles. The van der Waals surface area contributed by atoms with Gasteiger partial charge in [0.2, 0.25) is 11.0 Å². The minimum Gasteiger partial charge on any atom is -0.505 e. The highest BCUT2D eigenvalue weighted by Gasteiger charge is 2.29. The molecule has 0 bridgehead atoms. The van der Waals surface area contributed by atoms with Gasteiger partial charge in [-0.05, 0) is 74.4 Å².